The van der Waals surface area contributed by atoms with E-state index in [1.807, 2.05) is 56.3 Å². The highest BCUT2D eigenvalue weighted by Crippen LogP contribution is 2.18. The van der Waals surface area contributed by atoms with Crippen LogP contribution in [0.15, 0.2) is 78.9 Å². The van der Waals surface area contributed by atoms with Gasteiger partial charge in [0.15, 0.2) is 0 Å². The summed E-state index contributed by atoms with van der Waals surface area (Å²) in [6.45, 7) is 4.63. The number of anilines is 3. The van der Waals surface area contributed by atoms with Crippen molar-refractivity contribution < 1.29 is 14.4 Å². The first-order valence-corrected chi connectivity index (χ1v) is 11.3. The molecule has 0 atom stereocenters. The van der Waals surface area contributed by atoms with Crippen LogP contribution in [0.5, 0.6) is 0 Å². The van der Waals surface area contributed by atoms with Crippen molar-refractivity contribution in [2.24, 2.45) is 0 Å². The third kappa shape index (κ3) is 7.28. The molecule has 3 N–H and O–H groups in total. The monoisotopic (exact) mass is 458 g/mol. The molecule has 0 heterocycles. The molecule has 0 saturated heterocycles. The van der Waals surface area contributed by atoms with Gasteiger partial charge < -0.3 is 16.0 Å². The molecule has 7 heteroatoms. The first-order chi connectivity index (χ1) is 16.5. The highest BCUT2D eigenvalue weighted by Gasteiger charge is 2.17. The van der Waals surface area contributed by atoms with Crippen LogP contribution in [0.25, 0.3) is 0 Å². The minimum atomic E-state index is -0.315. The van der Waals surface area contributed by atoms with Gasteiger partial charge in [0, 0.05) is 11.4 Å². The van der Waals surface area contributed by atoms with E-state index in [2.05, 4.69) is 16.0 Å². The maximum absolute atomic E-state index is 12.8. The first-order valence-electron chi connectivity index (χ1n) is 11.3. The Bertz CT molecular complexity index is 1130. The van der Waals surface area contributed by atoms with Gasteiger partial charge in [0.25, 0.3) is 5.91 Å². The molecule has 3 amide bonds. The van der Waals surface area contributed by atoms with Gasteiger partial charge in [0.2, 0.25) is 11.8 Å². The standard InChI is InChI=1S/C27H30N4O3/c1-3-17-31(18-25(32)29-23-15-9-7-11-20(23)2)19-26(33)30-24-16-10-8-14-22(24)27(34)28-21-12-5-4-6-13-21/h4-16H,3,17-19H2,1-2H3,(H,28,34)(H,29,32)(H,30,33). The molecule has 34 heavy (non-hydrogen) atoms. The Morgan fingerprint density at radius 1 is 0.706 bits per heavy atom. The van der Waals surface area contributed by atoms with E-state index in [1.165, 1.54) is 0 Å². The topological polar surface area (TPSA) is 90.5 Å². The molecule has 0 spiro atoms. The molecule has 0 aliphatic carbocycles. The lowest BCUT2D eigenvalue weighted by Gasteiger charge is -2.21. The summed E-state index contributed by atoms with van der Waals surface area (Å²) in [5.41, 5.74) is 3.18. The molecule has 176 valence electrons. The maximum Gasteiger partial charge on any atom is 0.257 e. The molecule has 3 aromatic carbocycles. The zero-order chi connectivity index (χ0) is 24.3. The van der Waals surface area contributed by atoms with Gasteiger partial charge in [-0.15, -0.1) is 0 Å². The van der Waals surface area contributed by atoms with Crippen molar-refractivity contribution >= 4 is 34.8 Å². The second kappa shape index (κ2) is 12.3. The quantitative estimate of drug-likeness (QED) is 0.416. The molecule has 0 aliphatic rings. The predicted molar refractivity (Wildman–Crippen MR) is 136 cm³/mol. The van der Waals surface area contributed by atoms with Crippen LogP contribution >= 0.6 is 0 Å². The number of carbonyl (C=O) groups is 3. The Morgan fingerprint density at radius 3 is 1.91 bits per heavy atom. The third-order valence-corrected chi connectivity index (χ3v) is 5.17. The average molecular weight is 459 g/mol. The van der Waals surface area contributed by atoms with Gasteiger partial charge in [0.1, 0.15) is 0 Å². The summed E-state index contributed by atoms with van der Waals surface area (Å²) < 4.78 is 0. The molecule has 0 fully saturated rings. The maximum atomic E-state index is 12.8. The van der Waals surface area contributed by atoms with E-state index < -0.39 is 0 Å². The minimum Gasteiger partial charge on any atom is -0.325 e. The highest BCUT2D eigenvalue weighted by molar-refractivity contribution is 6.10. The average Bonchev–Trinajstić information content (AvgIpc) is 2.81. The van der Waals surface area contributed by atoms with Crippen molar-refractivity contribution in [3.63, 3.8) is 0 Å². The third-order valence-electron chi connectivity index (χ3n) is 5.17. The van der Waals surface area contributed by atoms with Crippen LogP contribution in [0.4, 0.5) is 17.1 Å². The van der Waals surface area contributed by atoms with Crippen molar-refractivity contribution in [1.82, 2.24) is 4.90 Å². The van der Waals surface area contributed by atoms with E-state index in [-0.39, 0.29) is 30.8 Å². The number of para-hydroxylation sites is 3. The number of hydrogen-bond acceptors (Lipinski definition) is 4. The van der Waals surface area contributed by atoms with Crippen molar-refractivity contribution in [1.29, 1.82) is 0 Å². The summed E-state index contributed by atoms with van der Waals surface area (Å²) in [5, 5.41) is 8.56. The van der Waals surface area contributed by atoms with Crippen LogP contribution in [0.1, 0.15) is 29.3 Å². The van der Waals surface area contributed by atoms with E-state index >= 15 is 0 Å². The Kier molecular flexibility index (Phi) is 8.94. The van der Waals surface area contributed by atoms with Gasteiger partial charge in [-0.1, -0.05) is 55.5 Å². The fourth-order valence-electron chi connectivity index (χ4n) is 3.54. The number of rotatable bonds is 10. The number of amides is 3. The molecule has 7 nitrogen and oxygen atoms in total. The Labute approximate surface area is 200 Å². The van der Waals surface area contributed by atoms with Crippen LogP contribution in [0, 0.1) is 6.92 Å². The Morgan fingerprint density at radius 2 is 1.26 bits per heavy atom. The van der Waals surface area contributed by atoms with E-state index in [4.69, 9.17) is 0 Å². The number of nitrogens with one attached hydrogen (secondary N) is 3. The molecule has 0 radical (unpaired) electrons. The molecule has 0 aromatic heterocycles. The van der Waals surface area contributed by atoms with Crippen molar-refractivity contribution in [3.05, 3.63) is 90.0 Å². The van der Waals surface area contributed by atoms with Gasteiger partial charge in [-0.2, -0.15) is 0 Å². The molecule has 3 aromatic rings. The molecular weight excluding hydrogens is 428 g/mol. The van der Waals surface area contributed by atoms with Gasteiger partial charge in [-0.25, -0.2) is 0 Å². The molecule has 0 saturated carbocycles. The summed E-state index contributed by atoms with van der Waals surface area (Å²) >= 11 is 0. The van der Waals surface area contributed by atoms with Crippen LogP contribution in [0.3, 0.4) is 0 Å². The molecular formula is C27H30N4O3. The number of carbonyl (C=O) groups excluding carboxylic acids is 3. The highest BCUT2D eigenvalue weighted by atomic mass is 16.2. The Hall–Kier alpha value is -3.97. The number of nitrogens with zero attached hydrogens (tertiary/aromatic N) is 1. The zero-order valence-corrected chi connectivity index (χ0v) is 19.5. The minimum absolute atomic E-state index is 0.0314. The summed E-state index contributed by atoms with van der Waals surface area (Å²) in [5.74, 6) is -0.791. The number of aryl methyl sites for hydroxylation is 1. The largest absolute Gasteiger partial charge is 0.325 e. The van der Waals surface area contributed by atoms with Crippen LogP contribution in [-0.4, -0.2) is 42.3 Å². The fourth-order valence-corrected chi connectivity index (χ4v) is 3.54. The Balaban J connectivity index is 1.62. The van der Waals surface area contributed by atoms with Crippen molar-refractivity contribution in [2.45, 2.75) is 20.3 Å². The molecule has 0 bridgehead atoms. The molecule has 0 aliphatic heterocycles. The smallest absolute Gasteiger partial charge is 0.257 e. The lowest BCUT2D eigenvalue weighted by atomic mass is 10.1. The summed E-state index contributed by atoms with van der Waals surface area (Å²) in [6.07, 6.45) is 0.793. The van der Waals surface area contributed by atoms with Gasteiger partial charge >= 0.3 is 0 Å². The van der Waals surface area contributed by atoms with E-state index in [0.29, 0.717) is 23.5 Å². The summed E-state index contributed by atoms with van der Waals surface area (Å²) in [6, 6.07) is 23.5. The fraction of sp³-hybridized carbons (Fsp3) is 0.222. The second-order valence-electron chi connectivity index (χ2n) is 7.99. The lowest BCUT2D eigenvalue weighted by molar-refractivity contribution is -0.120. The van der Waals surface area contributed by atoms with Crippen molar-refractivity contribution in [2.75, 3.05) is 35.6 Å². The number of hydrogen-bond donors (Lipinski definition) is 3. The van der Waals surface area contributed by atoms with Crippen molar-refractivity contribution in [3.8, 4) is 0 Å². The summed E-state index contributed by atoms with van der Waals surface area (Å²) in [7, 11) is 0. The summed E-state index contributed by atoms with van der Waals surface area (Å²) in [4.78, 5) is 39.9. The lowest BCUT2D eigenvalue weighted by Crippen LogP contribution is -2.39. The van der Waals surface area contributed by atoms with E-state index in [1.54, 1.807) is 41.3 Å². The normalized spacial score (nSPS) is 10.6. The van der Waals surface area contributed by atoms with E-state index in [9.17, 15) is 14.4 Å². The van der Waals surface area contributed by atoms with Gasteiger partial charge in [-0.05, 0) is 55.8 Å². The van der Waals surface area contributed by atoms with E-state index in [0.717, 1.165) is 17.7 Å². The first kappa shape index (κ1) is 24.7. The van der Waals surface area contributed by atoms with Crippen LogP contribution < -0.4 is 16.0 Å². The van der Waals surface area contributed by atoms with Gasteiger partial charge in [-0.3, -0.25) is 19.3 Å². The molecule has 0 unspecified atom stereocenters. The molecule has 3 rings (SSSR count). The SMILES string of the molecule is CCCN(CC(=O)Nc1ccccc1C)CC(=O)Nc1ccccc1C(=O)Nc1ccccc1. The zero-order valence-electron chi connectivity index (χ0n) is 19.5. The predicted octanol–water partition coefficient (Wildman–Crippen LogP) is 4.54. The van der Waals surface area contributed by atoms with Crippen LogP contribution in [0.2, 0.25) is 0 Å². The number of benzene rings is 3. The second-order valence-corrected chi connectivity index (χ2v) is 7.99. The van der Waals surface area contributed by atoms with Crippen LogP contribution in [-0.2, 0) is 9.59 Å². The van der Waals surface area contributed by atoms with Gasteiger partial charge in [0.05, 0.1) is 24.3 Å².